The molecule has 1 aliphatic rings. The Labute approximate surface area is 81.3 Å². The lowest BCUT2D eigenvalue weighted by Gasteiger charge is -2.09. The van der Waals surface area contributed by atoms with Crippen molar-refractivity contribution in [3.8, 4) is 0 Å². The Hall–Kier alpha value is -1.36. The maximum atomic E-state index is 10.9. The van der Waals surface area contributed by atoms with E-state index in [4.69, 9.17) is 14.6 Å². The largest absolute Gasteiger partial charge is 0.478 e. The van der Waals surface area contributed by atoms with Gasteiger partial charge in [-0.3, -0.25) is 0 Å². The quantitative estimate of drug-likeness (QED) is 0.393. The minimum Gasteiger partial charge on any atom is -0.478 e. The van der Waals surface area contributed by atoms with Gasteiger partial charge < -0.3 is 14.6 Å². The number of ether oxygens (including phenoxy) is 2. The van der Waals surface area contributed by atoms with Crippen molar-refractivity contribution in [3.63, 3.8) is 0 Å². The van der Waals surface area contributed by atoms with Gasteiger partial charge in [0.1, 0.15) is 6.10 Å². The van der Waals surface area contributed by atoms with Crippen molar-refractivity contribution in [1.29, 1.82) is 0 Å². The van der Waals surface area contributed by atoms with Crippen molar-refractivity contribution >= 4 is 11.9 Å². The highest BCUT2D eigenvalue weighted by atomic mass is 16.6. The first-order valence-corrected chi connectivity index (χ1v) is 4.31. The van der Waals surface area contributed by atoms with Crippen LogP contribution in [0.25, 0.3) is 0 Å². The topological polar surface area (TPSA) is 76.1 Å². The van der Waals surface area contributed by atoms with Gasteiger partial charge in [-0.05, 0) is 6.92 Å². The molecule has 0 spiro atoms. The number of rotatable bonds is 5. The summed E-state index contributed by atoms with van der Waals surface area (Å²) in [6.07, 6.45) is 2.26. The first-order valence-electron chi connectivity index (χ1n) is 4.31. The molecule has 1 N–H and O–H groups in total. The maximum Gasteiger partial charge on any atom is 0.331 e. The minimum atomic E-state index is -1.17. The van der Waals surface area contributed by atoms with Crippen LogP contribution in [-0.4, -0.2) is 35.9 Å². The molecule has 2 unspecified atom stereocenters. The second-order valence-corrected chi connectivity index (χ2v) is 3.11. The molecular formula is C9H12O5. The van der Waals surface area contributed by atoms with Crippen molar-refractivity contribution < 1.29 is 24.2 Å². The number of carbonyl (C=O) groups excluding carboxylic acids is 1. The van der Waals surface area contributed by atoms with E-state index in [0.717, 1.165) is 12.2 Å². The Kier molecular flexibility index (Phi) is 3.64. The SMILES string of the molecule is CC(CC1CO1)OC(=O)/C=C\C(=O)O. The molecule has 5 nitrogen and oxygen atoms in total. The normalized spacial score (nSPS) is 21.9. The van der Waals surface area contributed by atoms with Gasteiger partial charge >= 0.3 is 11.9 Å². The lowest BCUT2D eigenvalue weighted by molar-refractivity contribution is -0.143. The van der Waals surface area contributed by atoms with E-state index < -0.39 is 11.9 Å². The standard InChI is InChI=1S/C9H12O5/c1-6(4-7-5-13-7)14-9(12)3-2-8(10)11/h2-3,6-7H,4-5H2,1H3,(H,10,11)/b3-2-. The minimum absolute atomic E-state index is 0.196. The Morgan fingerprint density at radius 1 is 1.64 bits per heavy atom. The highest BCUT2D eigenvalue weighted by Gasteiger charge is 2.25. The number of aliphatic carboxylic acids is 1. The predicted octanol–water partition coefficient (Wildman–Crippen LogP) is 0.348. The monoisotopic (exact) mass is 200 g/mol. The number of hydrogen-bond donors (Lipinski definition) is 1. The van der Waals surface area contributed by atoms with Gasteiger partial charge in [0.15, 0.2) is 0 Å². The molecule has 1 rings (SSSR count). The van der Waals surface area contributed by atoms with Crippen molar-refractivity contribution in [3.05, 3.63) is 12.2 Å². The number of hydrogen-bond acceptors (Lipinski definition) is 4. The summed E-state index contributed by atoms with van der Waals surface area (Å²) >= 11 is 0. The van der Waals surface area contributed by atoms with Gasteiger partial charge in [0.2, 0.25) is 0 Å². The summed E-state index contributed by atoms with van der Waals surface area (Å²) in [5, 5.41) is 8.24. The zero-order chi connectivity index (χ0) is 10.6. The van der Waals surface area contributed by atoms with Gasteiger partial charge in [-0.1, -0.05) is 0 Å². The highest BCUT2D eigenvalue weighted by Crippen LogP contribution is 2.17. The lowest BCUT2D eigenvalue weighted by atomic mass is 10.2. The van der Waals surface area contributed by atoms with Crippen molar-refractivity contribution in [1.82, 2.24) is 0 Å². The smallest absolute Gasteiger partial charge is 0.331 e. The van der Waals surface area contributed by atoms with E-state index in [1.54, 1.807) is 6.92 Å². The van der Waals surface area contributed by atoms with Gasteiger partial charge in [0.25, 0.3) is 0 Å². The van der Waals surface area contributed by atoms with E-state index in [2.05, 4.69) is 0 Å². The second kappa shape index (κ2) is 4.76. The fourth-order valence-corrected chi connectivity index (χ4v) is 0.999. The number of epoxide rings is 1. The molecule has 1 saturated heterocycles. The van der Waals surface area contributed by atoms with Crippen LogP contribution in [0.5, 0.6) is 0 Å². The van der Waals surface area contributed by atoms with Crippen LogP contribution in [0.3, 0.4) is 0 Å². The number of carboxylic acid groups (broad SMARTS) is 1. The Morgan fingerprint density at radius 2 is 2.29 bits per heavy atom. The lowest BCUT2D eigenvalue weighted by Crippen LogP contribution is -2.15. The number of carbonyl (C=O) groups is 2. The molecule has 0 aromatic heterocycles. The van der Waals surface area contributed by atoms with Crippen LogP contribution in [-0.2, 0) is 19.1 Å². The van der Waals surface area contributed by atoms with Gasteiger partial charge in [-0.25, -0.2) is 9.59 Å². The summed E-state index contributed by atoms with van der Waals surface area (Å²) in [6, 6.07) is 0. The molecule has 5 heteroatoms. The summed E-state index contributed by atoms with van der Waals surface area (Å²) in [6.45, 7) is 2.46. The molecule has 0 aromatic rings. The molecule has 14 heavy (non-hydrogen) atoms. The average Bonchev–Trinajstić information content (AvgIpc) is 2.84. The number of esters is 1. The molecule has 1 aliphatic heterocycles. The van der Waals surface area contributed by atoms with Crippen molar-refractivity contribution in [2.45, 2.75) is 25.6 Å². The van der Waals surface area contributed by atoms with E-state index in [-0.39, 0.29) is 12.2 Å². The van der Waals surface area contributed by atoms with Crippen LogP contribution in [0.15, 0.2) is 12.2 Å². The molecular weight excluding hydrogens is 188 g/mol. The molecule has 0 bridgehead atoms. The van der Waals surface area contributed by atoms with Gasteiger partial charge in [-0.15, -0.1) is 0 Å². The summed E-state index contributed by atoms with van der Waals surface area (Å²) in [5.74, 6) is -1.80. The zero-order valence-corrected chi connectivity index (χ0v) is 7.80. The Balaban J connectivity index is 2.20. The van der Waals surface area contributed by atoms with Crippen molar-refractivity contribution in [2.75, 3.05) is 6.61 Å². The van der Waals surface area contributed by atoms with Crippen LogP contribution >= 0.6 is 0 Å². The predicted molar refractivity (Wildman–Crippen MR) is 46.7 cm³/mol. The third-order valence-corrected chi connectivity index (χ3v) is 1.68. The van der Waals surface area contributed by atoms with Crippen LogP contribution in [0.2, 0.25) is 0 Å². The fourth-order valence-electron chi connectivity index (χ4n) is 0.999. The van der Waals surface area contributed by atoms with E-state index in [0.29, 0.717) is 13.0 Å². The third-order valence-electron chi connectivity index (χ3n) is 1.68. The molecule has 1 heterocycles. The van der Waals surface area contributed by atoms with Crippen LogP contribution in [0.1, 0.15) is 13.3 Å². The first-order chi connectivity index (χ1) is 6.58. The molecule has 2 atom stereocenters. The Bertz CT molecular complexity index is 254. The highest BCUT2D eigenvalue weighted by molar-refractivity contribution is 5.90. The second-order valence-electron chi connectivity index (χ2n) is 3.11. The molecule has 0 aromatic carbocycles. The Morgan fingerprint density at radius 3 is 2.79 bits per heavy atom. The van der Waals surface area contributed by atoms with Crippen LogP contribution in [0.4, 0.5) is 0 Å². The molecule has 0 radical (unpaired) electrons. The summed E-state index contributed by atoms with van der Waals surface area (Å²) < 4.78 is 9.84. The summed E-state index contributed by atoms with van der Waals surface area (Å²) in [5.41, 5.74) is 0. The fraction of sp³-hybridized carbons (Fsp3) is 0.556. The maximum absolute atomic E-state index is 10.9. The van der Waals surface area contributed by atoms with Gasteiger partial charge in [0, 0.05) is 18.6 Å². The third kappa shape index (κ3) is 4.61. The van der Waals surface area contributed by atoms with E-state index in [9.17, 15) is 9.59 Å². The number of carboxylic acids is 1. The molecule has 78 valence electrons. The van der Waals surface area contributed by atoms with Crippen LogP contribution < -0.4 is 0 Å². The summed E-state index contributed by atoms with van der Waals surface area (Å²) in [4.78, 5) is 21.0. The van der Waals surface area contributed by atoms with E-state index in [1.807, 2.05) is 0 Å². The molecule has 0 aliphatic carbocycles. The molecule has 0 amide bonds. The van der Waals surface area contributed by atoms with E-state index in [1.165, 1.54) is 0 Å². The molecule has 0 saturated carbocycles. The average molecular weight is 200 g/mol. The van der Waals surface area contributed by atoms with Crippen LogP contribution in [0, 0.1) is 0 Å². The summed E-state index contributed by atoms with van der Waals surface area (Å²) in [7, 11) is 0. The zero-order valence-electron chi connectivity index (χ0n) is 7.80. The molecule has 1 fully saturated rings. The van der Waals surface area contributed by atoms with Gasteiger partial charge in [-0.2, -0.15) is 0 Å². The van der Waals surface area contributed by atoms with Gasteiger partial charge in [0.05, 0.1) is 12.7 Å². The van der Waals surface area contributed by atoms with Crippen molar-refractivity contribution in [2.24, 2.45) is 0 Å². The first kappa shape index (κ1) is 10.7. The van der Waals surface area contributed by atoms with E-state index >= 15 is 0 Å².